The lowest BCUT2D eigenvalue weighted by Crippen LogP contribution is -2.35. The maximum atomic E-state index is 11.9. The van der Waals surface area contributed by atoms with Crippen LogP contribution >= 0.6 is 0 Å². The van der Waals surface area contributed by atoms with Crippen LogP contribution in [0.1, 0.15) is 29.5 Å². The number of aromatic nitrogens is 3. The maximum absolute atomic E-state index is 11.9. The first-order valence-electron chi connectivity index (χ1n) is 11.2. The lowest BCUT2D eigenvalue weighted by atomic mass is 10.0. The van der Waals surface area contributed by atoms with Crippen molar-refractivity contribution in [3.8, 4) is 16.8 Å². The van der Waals surface area contributed by atoms with Crippen molar-refractivity contribution >= 4 is 28.6 Å². The van der Waals surface area contributed by atoms with E-state index in [0.29, 0.717) is 5.65 Å². The molecule has 2 aromatic carbocycles. The zero-order chi connectivity index (χ0) is 23.8. The smallest absolute Gasteiger partial charge is 0.354 e. The number of fused-ring (bicyclic) bond motifs is 1. The second kappa shape index (κ2) is 8.62. The van der Waals surface area contributed by atoms with Gasteiger partial charge < -0.3 is 15.3 Å². The molecule has 1 amide bonds. The van der Waals surface area contributed by atoms with Gasteiger partial charge in [0.2, 0.25) is 5.91 Å². The lowest BCUT2D eigenvalue weighted by molar-refractivity contribution is -0.119. The van der Waals surface area contributed by atoms with Gasteiger partial charge in [0, 0.05) is 31.7 Å². The van der Waals surface area contributed by atoms with Crippen molar-refractivity contribution in [2.75, 3.05) is 18.0 Å². The predicted molar refractivity (Wildman–Crippen MR) is 130 cm³/mol. The molecule has 3 heterocycles. The second-order valence-electron chi connectivity index (χ2n) is 8.57. The zero-order valence-corrected chi connectivity index (χ0v) is 19.0. The number of hydrogen-bond donors (Lipinski definition) is 2. The molecule has 1 aliphatic heterocycles. The number of benzene rings is 2. The maximum Gasteiger partial charge on any atom is 0.354 e. The summed E-state index contributed by atoms with van der Waals surface area (Å²) in [5, 5.41) is 18.2. The number of para-hydroxylation sites is 1. The van der Waals surface area contributed by atoms with Crippen molar-refractivity contribution in [2.45, 2.75) is 26.3 Å². The fraction of sp³-hybridized carbons (Fsp3) is 0.231. The van der Waals surface area contributed by atoms with Crippen LogP contribution in [0.3, 0.4) is 0 Å². The van der Waals surface area contributed by atoms with E-state index in [1.807, 2.05) is 61.5 Å². The molecular formula is C26H25N5O3. The molecule has 0 bridgehead atoms. The van der Waals surface area contributed by atoms with E-state index in [-0.39, 0.29) is 17.6 Å². The Labute approximate surface area is 196 Å². The van der Waals surface area contributed by atoms with E-state index in [0.717, 1.165) is 53.1 Å². The second-order valence-corrected chi connectivity index (χ2v) is 8.57. The van der Waals surface area contributed by atoms with Crippen molar-refractivity contribution in [3.05, 3.63) is 72.1 Å². The van der Waals surface area contributed by atoms with Crippen LogP contribution in [-0.4, -0.2) is 50.9 Å². The Morgan fingerprint density at radius 1 is 1.06 bits per heavy atom. The quantitative estimate of drug-likeness (QED) is 0.475. The number of rotatable bonds is 5. The summed E-state index contributed by atoms with van der Waals surface area (Å²) < 4.78 is 1.70. The number of nitrogens with zero attached hydrogens (tertiary/aromatic N) is 4. The Hall–Kier alpha value is -4.20. The van der Waals surface area contributed by atoms with E-state index in [4.69, 9.17) is 0 Å². The van der Waals surface area contributed by atoms with Gasteiger partial charge in [-0.1, -0.05) is 30.3 Å². The molecule has 0 aliphatic carbocycles. The predicted octanol–water partition coefficient (Wildman–Crippen LogP) is 3.81. The number of carbonyl (C=O) groups excluding carboxylic acids is 1. The summed E-state index contributed by atoms with van der Waals surface area (Å²) in [5.41, 5.74) is 4.83. The van der Waals surface area contributed by atoms with Crippen LogP contribution < -0.4 is 10.2 Å². The average Bonchev–Trinajstić information content (AvgIpc) is 3.43. The number of hydrogen-bond acceptors (Lipinski definition) is 5. The summed E-state index contributed by atoms with van der Waals surface area (Å²) in [6, 6.07) is 19.4. The van der Waals surface area contributed by atoms with Gasteiger partial charge in [-0.15, -0.1) is 0 Å². The zero-order valence-electron chi connectivity index (χ0n) is 19.0. The third-order valence-corrected chi connectivity index (χ3v) is 6.17. The SMILES string of the molecule is CC(=O)NC1CCN(c2ccc(-c3cc(C(=O)O)nc4c3c(C)nn4-c3ccccc3)cc2)C1. The van der Waals surface area contributed by atoms with Crippen molar-refractivity contribution in [1.29, 1.82) is 0 Å². The van der Waals surface area contributed by atoms with Gasteiger partial charge >= 0.3 is 5.97 Å². The highest BCUT2D eigenvalue weighted by molar-refractivity contribution is 6.00. The number of amides is 1. The molecule has 1 unspecified atom stereocenters. The van der Waals surface area contributed by atoms with Gasteiger partial charge in [-0.25, -0.2) is 14.5 Å². The minimum absolute atomic E-state index is 0.00967. The summed E-state index contributed by atoms with van der Waals surface area (Å²) in [7, 11) is 0. The van der Waals surface area contributed by atoms with Gasteiger partial charge in [0.1, 0.15) is 0 Å². The first-order chi connectivity index (χ1) is 16.4. The first kappa shape index (κ1) is 21.6. The summed E-state index contributed by atoms with van der Waals surface area (Å²) in [4.78, 5) is 29.9. The number of carboxylic acids is 1. The molecule has 0 saturated carbocycles. The molecular weight excluding hydrogens is 430 g/mol. The third kappa shape index (κ3) is 3.98. The number of nitrogens with one attached hydrogen (secondary N) is 1. The Kier molecular flexibility index (Phi) is 5.49. The Morgan fingerprint density at radius 2 is 1.79 bits per heavy atom. The summed E-state index contributed by atoms with van der Waals surface area (Å²) in [5.74, 6) is -1.09. The van der Waals surface area contributed by atoms with Crippen LogP contribution in [-0.2, 0) is 4.79 Å². The molecule has 172 valence electrons. The van der Waals surface area contributed by atoms with Crippen molar-refractivity contribution < 1.29 is 14.7 Å². The van der Waals surface area contributed by atoms with E-state index >= 15 is 0 Å². The Balaban J connectivity index is 1.55. The van der Waals surface area contributed by atoms with Crippen LogP contribution in [0.2, 0.25) is 0 Å². The number of pyridine rings is 1. The fourth-order valence-corrected chi connectivity index (χ4v) is 4.63. The van der Waals surface area contributed by atoms with E-state index < -0.39 is 5.97 Å². The van der Waals surface area contributed by atoms with E-state index in [1.54, 1.807) is 17.7 Å². The molecule has 0 radical (unpaired) electrons. The van der Waals surface area contributed by atoms with Crippen LogP contribution in [0.25, 0.3) is 27.8 Å². The molecule has 8 heteroatoms. The van der Waals surface area contributed by atoms with E-state index in [2.05, 4.69) is 20.3 Å². The van der Waals surface area contributed by atoms with Crippen LogP contribution in [0.5, 0.6) is 0 Å². The van der Waals surface area contributed by atoms with E-state index in [9.17, 15) is 14.7 Å². The number of carboxylic acid groups (broad SMARTS) is 1. The molecule has 1 saturated heterocycles. The minimum Gasteiger partial charge on any atom is -0.477 e. The lowest BCUT2D eigenvalue weighted by Gasteiger charge is -2.19. The fourth-order valence-electron chi connectivity index (χ4n) is 4.63. The van der Waals surface area contributed by atoms with Gasteiger partial charge in [-0.2, -0.15) is 5.10 Å². The number of aromatic carboxylic acids is 1. The number of anilines is 1. The standard InChI is InChI=1S/C26H25N5O3/c1-16-24-22(18-8-10-20(11-9-18)30-13-12-19(15-30)27-17(2)32)14-23(26(33)34)28-25(24)31(29-16)21-6-4-3-5-7-21/h3-11,14,19H,12-13,15H2,1-2H3,(H,27,32)(H,33,34). The molecule has 2 aromatic heterocycles. The molecule has 8 nitrogen and oxygen atoms in total. The highest BCUT2D eigenvalue weighted by Crippen LogP contribution is 2.33. The number of carbonyl (C=O) groups is 2. The highest BCUT2D eigenvalue weighted by atomic mass is 16.4. The third-order valence-electron chi connectivity index (χ3n) is 6.17. The average molecular weight is 456 g/mol. The van der Waals surface area contributed by atoms with Crippen molar-refractivity contribution in [2.24, 2.45) is 0 Å². The Bertz CT molecular complexity index is 1380. The summed E-state index contributed by atoms with van der Waals surface area (Å²) in [6.45, 7) is 5.09. The molecule has 1 aliphatic rings. The van der Waals surface area contributed by atoms with Gasteiger partial charge in [0.15, 0.2) is 11.3 Å². The molecule has 34 heavy (non-hydrogen) atoms. The largest absolute Gasteiger partial charge is 0.477 e. The normalized spacial score (nSPS) is 15.6. The molecule has 1 atom stereocenters. The van der Waals surface area contributed by atoms with Crippen molar-refractivity contribution in [1.82, 2.24) is 20.1 Å². The van der Waals surface area contributed by atoms with Crippen molar-refractivity contribution in [3.63, 3.8) is 0 Å². The topological polar surface area (TPSA) is 100 Å². The molecule has 1 fully saturated rings. The van der Waals surface area contributed by atoms with Gasteiger partial charge in [0.05, 0.1) is 16.8 Å². The highest BCUT2D eigenvalue weighted by Gasteiger charge is 2.24. The molecule has 0 spiro atoms. The monoisotopic (exact) mass is 455 g/mol. The van der Waals surface area contributed by atoms with Gasteiger partial charge in [-0.3, -0.25) is 4.79 Å². The number of aryl methyl sites for hydroxylation is 1. The molecule has 5 rings (SSSR count). The van der Waals surface area contributed by atoms with Crippen LogP contribution in [0.4, 0.5) is 5.69 Å². The van der Waals surface area contributed by atoms with Crippen LogP contribution in [0.15, 0.2) is 60.7 Å². The first-order valence-corrected chi connectivity index (χ1v) is 11.2. The summed E-state index contributed by atoms with van der Waals surface area (Å²) in [6.07, 6.45) is 0.909. The molecule has 2 N–H and O–H groups in total. The minimum atomic E-state index is -1.08. The van der Waals surface area contributed by atoms with Crippen LogP contribution in [0, 0.1) is 6.92 Å². The Morgan fingerprint density at radius 3 is 2.47 bits per heavy atom. The van der Waals surface area contributed by atoms with Gasteiger partial charge in [0.25, 0.3) is 0 Å². The summed E-state index contributed by atoms with van der Waals surface area (Å²) >= 11 is 0. The molecule has 4 aromatic rings. The van der Waals surface area contributed by atoms with Gasteiger partial charge in [-0.05, 0) is 54.8 Å². The van der Waals surface area contributed by atoms with E-state index in [1.165, 1.54) is 0 Å².